The van der Waals surface area contributed by atoms with Gasteiger partial charge in [0.2, 0.25) is 5.91 Å². The van der Waals surface area contributed by atoms with Crippen molar-refractivity contribution in [3.63, 3.8) is 0 Å². The molecule has 2 rings (SSSR count). The second kappa shape index (κ2) is 8.38. The largest absolute Gasteiger partial charge is 0.496 e. The molecule has 6 heteroatoms. The van der Waals surface area contributed by atoms with Crippen LogP contribution in [0.4, 0.5) is 4.79 Å². The number of amides is 2. The van der Waals surface area contributed by atoms with Crippen molar-refractivity contribution in [3.8, 4) is 5.75 Å². The van der Waals surface area contributed by atoms with Gasteiger partial charge in [0, 0.05) is 37.8 Å². The van der Waals surface area contributed by atoms with Crippen LogP contribution in [0.25, 0.3) is 6.08 Å². The zero-order valence-electron chi connectivity index (χ0n) is 14.4. The molecule has 1 heterocycles. The molecule has 1 aliphatic rings. The molecule has 1 aromatic carbocycles. The summed E-state index contributed by atoms with van der Waals surface area (Å²) < 4.78 is 10.3. The number of benzene rings is 1. The fourth-order valence-electron chi connectivity index (χ4n) is 2.57. The Labute approximate surface area is 142 Å². The highest BCUT2D eigenvalue weighted by molar-refractivity contribution is 5.92. The number of ether oxygens (including phenoxy) is 2. The van der Waals surface area contributed by atoms with Gasteiger partial charge < -0.3 is 19.3 Å². The van der Waals surface area contributed by atoms with E-state index in [1.165, 1.54) is 0 Å². The Morgan fingerprint density at radius 2 is 1.83 bits per heavy atom. The summed E-state index contributed by atoms with van der Waals surface area (Å²) in [6.07, 6.45) is 3.01. The topological polar surface area (TPSA) is 59.1 Å². The van der Waals surface area contributed by atoms with Gasteiger partial charge in [0.05, 0.1) is 13.7 Å². The summed E-state index contributed by atoms with van der Waals surface area (Å²) in [4.78, 5) is 27.3. The number of piperazine rings is 1. The van der Waals surface area contributed by atoms with Crippen LogP contribution in [-0.2, 0) is 9.53 Å². The normalized spacial score (nSPS) is 14.8. The zero-order chi connectivity index (χ0) is 17.5. The summed E-state index contributed by atoms with van der Waals surface area (Å²) in [6.45, 7) is 6.13. The minimum Gasteiger partial charge on any atom is -0.496 e. The standard InChI is InChI=1S/C18H24N2O4/c1-4-24-18(22)20-11-9-19(10-12-20)17(21)8-6-15-13-14(2)5-7-16(15)23-3/h5-8,13H,4,9-12H2,1-3H3/b8-6+. The van der Waals surface area contributed by atoms with Crippen molar-refractivity contribution in [2.45, 2.75) is 13.8 Å². The number of hydrogen-bond donors (Lipinski definition) is 0. The lowest BCUT2D eigenvalue weighted by atomic mass is 10.1. The molecular formula is C18H24N2O4. The fraction of sp³-hybridized carbons (Fsp3) is 0.444. The number of aryl methyl sites for hydroxylation is 1. The molecule has 0 atom stereocenters. The van der Waals surface area contributed by atoms with Gasteiger partial charge >= 0.3 is 6.09 Å². The Morgan fingerprint density at radius 3 is 2.46 bits per heavy atom. The third-order valence-electron chi connectivity index (χ3n) is 3.91. The minimum absolute atomic E-state index is 0.0675. The van der Waals surface area contributed by atoms with Crippen molar-refractivity contribution in [1.82, 2.24) is 9.80 Å². The Bertz CT molecular complexity index is 619. The van der Waals surface area contributed by atoms with Crippen molar-refractivity contribution >= 4 is 18.1 Å². The smallest absolute Gasteiger partial charge is 0.409 e. The van der Waals surface area contributed by atoms with Crippen LogP contribution in [0.2, 0.25) is 0 Å². The van der Waals surface area contributed by atoms with Crippen LogP contribution in [0, 0.1) is 6.92 Å². The molecule has 130 valence electrons. The molecule has 0 aromatic heterocycles. The SMILES string of the molecule is CCOC(=O)N1CCN(C(=O)/C=C/c2cc(C)ccc2OC)CC1. The van der Waals surface area contributed by atoms with E-state index in [0.29, 0.717) is 32.8 Å². The van der Waals surface area contributed by atoms with Crippen LogP contribution < -0.4 is 4.74 Å². The molecule has 0 spiro atoms. The van der Waals surface area contributed by atoms with E-state index in [1.807, 2.05) is 25.1 Å². The summed E-state index contributed by atoms with van der Waals surface area (Å²) >= 11 is 0. The first-order valence-corrected chi connectivity index (χ1v) is 8.08. The quantitative estimate of drug-likeness (QED) is 0.794. The molecule has 0 radical (unpaired) electrons. The third-order valence-corrected chi connectivity index (χ3v) is 3.91. The molecule has 0 saturated carbocycles. The summed E-state index contributed by atoms with van der Waals surface area (Å²) in [5.74, 6) is 0.666. The first kappa shape index (κ1) is 17.8. The van der Waals surface area contributed by atoms with Crippen molar-refractivity contribution in [2.24, 2.45) is 0 Å². The highest BCUT2D eigenvalue weighted by Gasteiger charge is 2.23. The molecular weight excluding hydrogens is 308 g/mol. The maximum Gasteiger partial charge on any atom is 0.409 e. The lowest BCUT2D eigenvalue weighted by molar-refractivity contribution is -0.127. The third kappa shape index (κ3) is 4.50. The van der Waals surface area contributed by atoms with Gasteiger partial charge in [0.1, 0.15) is 5.75 Å². The van der Waals surface area contributed by atoms with Crippen molar-refractivity contribution in [2.75, 3.05) is 39.9 Å². The molecule has 0 N–H and O–H groups in total. The van der Waals surface area contributed by atoms with Crippen LogP contribution >= 0.6 is 0 Å². The molecule has 6 nitrogen and oxygen atoms in total. The van der Waals surface area contributed by atoms with E-state index >= 15 is 0 Å². The summed E-state index contributed by atoms with van der Waals surface area (Å²) in [6, 6.07) is 5.82. The highest BCUT2D eigenvalue weighted by atomic mass is 16.6. The number of rotatable bonds is 4. The number of methoxy groups -OCH3 is 1. The van der Waals surface area contributed by atoms with E-state index < -0.39 is 0 Å². The maximum absolute atomic E-state index is 12.3. The molecule has 1 aromatic rings. The van der Waals surface area contributed by atoms with E-state index in [2.05, 4.69) is 0 Å². The lowest BCUT2D eigenvalue weighted by Crippen LogP contribution is -2.50. The highest BCUT2D eigenvalue weighted by Crippen LogP contribution is 2.21. The summed E-state index contributed by atoms with van der Waals surface area (Å²) in [5.41, 5.74) is 1.97. The maximum atomic E-state index is 12.3. The average Bonchev–Trinajstić information content (AvgIpc) is 2.60. The van der Waals surface area contributed by atoms with Gasteiger partial charge in [-0.15, -0.1) is 0 Å². The molecule has 2 amide bonds. The van der Waals surface area contributed by atoms with Gasteiger partial charge in [0.15, 0.2) is 0 Å². The van der Waals surface area contributed by atoms with Crippen LogP contribution in [0.15, 0.2) is 24.3 Å². The van der Waals surface area contributed by atoms with E-state index in [1.54, 1.807) is 36.0 Å². The van der Waals surface area contributed by atoms with Gasteiger partial charge in [-0.05, 0) is 32.1 Å². The fourth-order valence-corrected chi connectivity index (χ4v) is 2.57. The Morgan fingerprint density at radius 1 is 1.17 bits per heavy atom. The lowest BCUT2D eigenvalue weighted by Gasteiger charge is -2.33. The first-order chi connectivity index (χ1) is 11.5. The predicted octanol–water partition coefficient (Wildman–Crippen LogP) is 2.32. The van der Waals surface area contributed by atoms with E-state index in [9.17, 15) is 9.59 Å². The van der Waals surface area contributed by atoms with Crippen molar-refractivity contribution < 1.29 is 19.1 Å². The van der Waals surface area contributed by atoms with Crippen LogP contribution in [0.3, 0.4) is 0 Å². The molecule has 1 fully saturated rings. The Balaban J connectivity index is 1.94. The van der Waals surface area contributed by atoms with Gasteiger partial charge in [-0.2, -0.15) is 0 Å². The average molecular weight is 332 g/mol. The number of carbonyl (C=O) groups excluding carboxylic acids is 2. The molecule has 1 saturated heterocycles. The second-order valence-corrected chi connectivity index (χ2v) is 5.59. The molecule has 0 bridgehead atoms. The van der Waals surface area contributed by atoms with E-state index in [-0.39, 0.29) is 12.0 Å². The monoisotopic (exact) mass is 332 g/mol. The number of carbonyl (C=O) groups is 2. The van der Waals surface area contributed by atoms with Gasteiger partial charge in [-0.3, -0.25) is 4.79 Å². The Kier molecular flexibility index (Phi) is 6.23. The second-order valence-electron chi connectivity index (χ2n) is 5.59. The molecule has 0 aliphatic carbocycles. The molecule has 0 unspecified atom stereocenters. The van der Waals surface area contributed by atoms with E-state index in [4.69, 9.17) is 9.47 Å². The van der Waals surface area contributed by atoms with Gasteiger partial charge in [0.25, 0.3) is 0 Å². The van der Waals surface area contributed by atoms with Gasteiger partial charge in [-0.25, -0.2) is 4.79 Å². The first-order valence-electron chi connectivity index (χ1n) is 8.08. The summed E-state index contributed by atoms with van der Waals surface area (Å²) in [7, 11) is 1.61. The van der Waals surface area contributed by atoms with Crippen LogP contribution in [0.1, 0.15) is 18.1 Å². The van der Waals surface area contributed by atoms with Crippen LogP contribution in [-0.4, -0.2) is 61.7 Å². The predicted molar refractivity (Wildman–Crippen MR) is 91.9 cm³/mol. The summed E-state index contributed by atoms with van der Waals surface area (Å²) in [5, 5.41) is 0. The number of nitrogens with zero attached hydrogens (tertiary/aromatic N) is 2. The van der Waals surface area contributed by atoms with Crippen LogP contribution in [0.5, 0.6) is 5.75 Å². The Hall–Kier alpha value is -2.50. The molecule has 1 aliphatic heterocycles. The van der Waals surface area contributed by atoms with E-state index in [0.717, 1.165) is 16.9 Å². The van der Waals surface area contributed by atoms with Crippen molar-refractivity contribution in [1.29, 1.82) is 0 Å². The minimum atomic E-state index is -0.315. The zero-order valence-corrected chi connectivity index (χ0v) is 14.4. The van der Waals surface area contributed by atoms with Gasteiger partial charge in [-0.1, -0.05) is 11.6 Å². The molecule has 24 heavy (non-hydrogen) atoms. The van der Waals surface area contributed by atoms with Crippen molar-refractivity contribution in [3.05, 3.63) is 35.4 Å². The number of hydrogen-bond acceptors (Lipinski definition) is 4.